The van der Waals surface area contributed by atoms with Crippen LogP contribution in [0.25, 0.3) is 10.9 Å². The van der Waals surface area contributed by atoms with Gasteiger partial charge in [0.2, 0.25) is 5.91 Å². The number of amides is 1. The fraction of sp³-hybridized carbons (Fsp3) is 0.516. The first kappa shape index (κ1) is 28.4. The molecule has 3 unspecified atom stereocenters. The van der Waals surface area contributed by atoms with Crippen molar-refractivity contribution in [3.8, 4) is 0 Å². The molecule has 9 nitrogen and oxygen atoms in total. The van der Waals surface area contributed by atoms with Crippen molar-refractivity contribution in [3.05, 3.63) is 71.9 Å². The molecular formula is C31H40N4O5S. The highest BCUT2D eigenvalue weighted by atomic mass is 32.2. The molecule has 1 aromatic heterocycles. The molecule has 0 saturated heterocycles. The van der Waals surface area contributed by atoms with Crippen LogP contribution in [0.3, 0.4) is 0 Å². The molecule has 4 saturated carbocycles. The van der Waals surface area contributed by atoms with Crippen molar-refractivity contribution in [2.24, 2.45) is 23.7 Å². The van der Waals surface area contributed by atoms with Crippen LogP contribution in [-0.4, -0.2) is 53.8 Å². The molecular weight excluding hydrogens is 540 g/mol. The molecule has 4 aliphatic carbocycles. The van der Waals surface area contributed by atoms with Crippen LogP contribution >= 0.6 is 0 Å². The summed E-state index contributed by atoms with van der Waals surface area (Å²) in [5.41, 5.74) is 0.577. The number of hydrogen-bond acceptors (Lipinski definition) is 5. The normalized spacial score (nSPS) is 28.3. The van der Waals surface area contributed by atoms with Crippen LogP contribution in [0, 0.1) is 23.7 Å². The number of rotatable bonds is 11. The molecule has 1 heterocycles. The van der Waals surface area contributed by atoms with E-state index in [0.717, 1.165) is 42.1 Å². The quantitative estimate of drug-likeness (QED) is 0.207. The third kappa shape index (κ3) is 5.81. The van der Waals surface area contributed by atoms with Crippen LogP contribution in [0.15, 0.2) is 60.8 Å². The lowest BCUT2D eigenvalue weighted by Gasteiger charge is -2.54. The minimum absolute atomic E-state index is 0.0605. The summed E-state index contributed by atoms with van der Waals surface area (Å²) in [5, 5.41) is 24.7. The van der Waals surface area contributed by atoms with Crippen molar-refractivity contribution >= 4 is 27.0 Å². The number of aliphatic hydroxyl groups excluding tert-OH is 2. The lowest BCUT2D eigenvalue weighted by molar-refractivity contribution is -0.128. The van der Waals surface area contributed by atoms with Gasteiger partial charge in [-0.3, -0.25) is 4.79 Å². The Hall–Kier alpha value is -2.76. The Bertz CT molecular complexity index is 1460. The molecule has 3 aromatic rings. The molecule has 4 aliphatic rings. The van der Waals surface area contributed by atoms with Gasteiger partial charge in [-0.05, 0) is 79.9 Å². The fourth-order valence-electron chi connectivity index (χ4n) is 7.88. The van der Waals surface area contributed by atoms with Crippen LogP contribution in [0.4, 0.5) is 0 Å². The van der Waals surface area contributed by atoms with Gasteiger partial charge in [-0.1, -0.05) is 48.5 Å². The lowest BCUT2D eigenvalue weighted by Crippen LogP contribution is -2.64. The highest BCUT2D eigenvalue weighted by Gasteiger charge is 2.50. The maximum absolute atomic E-state index is 13.9. The molecule has 0 aliphatic heterocycles. The van der Waals surface area contributed by atoms with Crippen molar-refractivity contribution in [3.63, 3.8) is 0 Å². The molecule has 7 rings (SSSR count). The van der Waals surface area contributed by atoms with E-state index in [9.17, 15) is 23.4 Å². The second kappa shape index (κ2) is 11.1. The summed E-state index contributed by atoms with van der Waals surface area (Å²) >= 11 is 0. The van der Waals surface area contributed by atoms with E-state index in [1.165, 1.54) is 6.42 Å². The van der Waals surface area contributed by atoms with E-state index in [0.29, 0.717) is 29.2 Å². The Kier molecular flexibility index (Phi) is 7.71. The molecule has 41 heavy (non-hydrogen) atoms. The largest absolute Gasteiger partial charge is 0.394 e. The Balaban J connectivity index is 1.26. The van der Waals surface area contributed by atoms with Gasteiger partial charge in [-0.25, -0.2) is 0 Å². The van der Waals surface area contributed by atoms with Gasteiger partial charge in [-0.15, -0.1) is 0 Å². The minimum atomic E-state index is -4.10. The Labute approximate surface area is 241 Å². The second-order valence-corrected chi connectivity index (χ2v) is 14.1. The van der Waals surface area contributed by atoms with Crippen molar-refractivity contribution < 1.29 is 23.4 Å². The van der Waals surface area contributed by atoms with E-state index in [1.807, 2.05) is 30.3 Å². The topological polar surface area (TPSA) is 144 Å². The van der Waals surface area contributed by atoms with Crippen LogP contribution in [-0.2, 0) is 21.4 Å². The smallest absolute Gasteiger partial charge is 0.278 e. The summed E-state index contributed by atoms with van der Waals surface area (Å²) in [4.78, 5) is 17.1. The number of para-hydroxylation sites is 1. The number of fused-ring (bicyclic) bond motifs is 1. The summed E-state index contributed by atoms with van der Waals surface area (Å²) in [7, 11) is -4.10. The van der Waals surface area contributed by atoms with Gasteiger partial charge in [0.15, 0.2) is 0 Å². The van der Waals surface area contributed by atoms with Crippen molar-refractivity contribution in [2.75, 3.05) is 6.61 Å². The standard InChI is InChI=1S/C31H40N4O5S/c1-31(16-24-17-32-26-10-6-5-9-25(24)26,30(38)33-27(18-36)29(37)21-7-3-2-4-8-21)35-41(39,40)34-28-22-12-19-11-20(14-22)15-23(28)13-19/h2-10,17,19-20,22-23,27-29,32,34-37H,11-16,18H2,1H3,(H,33,38). The second-order valence-electron chi connectivity index (χ2n) is 12.7. The highest BCUT2D eigenvalue weighted by Crippen LogP contribution is 2.53. The van der Waals surface area contributed by atoms with Gasteiger partial charge in [0.25, 0.3) is 10.2 Å². The van der Waals surface area contributed by atoms with E-state index in [4.69, 9.17) is 0 Å². The molecule has 4 fully saturated rings. The SMILES string of the molecule is CC(Cc1c[nH]c2ccccc12)(NS(=O)(=O)NC1C2CC3CC(C2)CC1C3)C(=O)NC(CO)C(O)c1ccccc1. The molecule has 0 spiro atoms. The maximum atomic E-state index is 13.9. The zero-order valence-electron chi connectivity index (χ0n) is 23.3. The first-order valence-corrected chi connectivity index (χ1v) is 16.1. The number of nitrogens with one attached hydrogen (secondary N) is 4. The predicted octanol–water partition coefficient (Wildman–Crippen LogP) is 2.93. The molecule has 0 radical (unpaired) electrons. The number of benzene rings is 2. The molecule has 10 heteroatoms. The number of aromatic amines is 1. The average Bonchev–Trinajstić information content (AvgIpc) is 3.35. The summed E-state index contributed by atoms with van der Waals surface area (Å²) < 4.78 is 33.1. The molecule has 4 bridgehead atoms. The Morgan fingerprint density at radius 3 is 2.29 bits per heavy atom. The van der Waals surface area contributed by atoms with Gasteiger partial charge >= 0.3 is 0 Å². The zero-order chi connectivity index (χ0) is 28.8. The molecule has 6 N–H and O–H groups in total. The van der Waals surface area contributed by atoms with E-state index in [1.54, 1.807) is 37.4 Å². The molecule has 1 amide bonds. The van der Waals surface area contributed by atoms with Gasteiger partial charge in [-0.2, -0.15) is 17.9 Å². The van der Waals surface area contributed by atoms with Crippen LogP contribution < -0.4 is 14.8 Å². The average molecular weight is 581 g/mol. The number of aliphatic hydroxyl groups is 2. The summed E-state index contributed by atoms with van der Waals surface area (Å²) in [5.74, 6) is 1.44. The summed E-state index contributed by atoms with van der Waals surface area (Å²) in [6.45, 7) is 1.04. The monoisotopic (exact) mass is 580 g/mol. The lowest BCUT2D eigenvalue weighted by atomic mass is 9.54. The molecule has 220 valence electrons. The number of carbonyl (C=O) groups excluding carboxylic acids is 1. The van der Waals surface area contributed by atoms with Crippen molar-refractivity contribution in [1.82, 2.24) is 19.7 Å². The van der Waals surface area contributed by atoms with Gasteiger partial charge < -0.3 is 20.5 Å². The molecule has 2 aromatic carbocycles. The number of carbonyl (C=O) groups is 1. The summed E-state index contributed by atoms with van der Waals surface area (Å²) in [6.07, 6.45) is 6.18. The van der Waals surface area contributed by atoms with Gasteiger partial charge in [0.05, 0.1) is 12.6 Å². The highest BCUT2D eigenvalue weighted by molar-refractivity contribution is 7.87. The summed E-state index contributed by atoms with van der Waals surface area (Å²) in [6, 6.07) is 15.2. The number of H-pyrrole nitrogens is 1. The van der Waals surface area contributed by atoms with Crippen LogP contribution in [0.1, 0.15) is 56.3 Å². The fourth-order valence-corrected chi connectivity index (χ4v) is 9.44. The van der Waals surface area contributed by atoms with Crippen molar-refractivity contribution in [2.45, 2.75) is 69.2 Å². The van der Waals surface area contributed by atoms with Gasteiger partial charge in [0.1, 0.15) is 11.6 Å². The maximum Gasteiger partial charge on any atom is 0.278 e. The third-order valence-corrected chi connectivity index (χ3v) is 10.9. The van der Waals surface area contributed by atoms with Crippen LogP contribution in [0.2, 0.25) is 0 Å². The Morgan fingerprint density at radius 1 is 1.00 bits per heavy atom. The van der Waals surface area contributed by atoms with E-state index in [2.05, 4.69) is 19.7 Å². The van der Waals surface area contributed by atoms with Crippen molar-refractivity contribution in [1.29, 1.82) is 0 Å². The first-order valence-electron chi connectivity index (χ1n) is 14.6. The zero-order valence-corrected chi connectivity index (χ0v) is 24.1. The minimum Gasteiger partial charge on any atom is -0.394 e. The predicted molar refractivity (Wildman–Crippen MR) is 157 cm³/mol. The third-order valence-electron chi connectivity index (χ3n) is 9.63. The molecule has 3 atom stereocenters. The number of aromatic nitrogens is 1. The Morgan fingerprint density at radius 2 is 1.63 bits per heavy atom. The number of hydrogen-bond donors (Lipinski definition) is 6. The van der Waals surface area contributed by atoms with E-state index >= 15 is 0 Å². The first-order chi connectivity index (χ1) is 19.6. The van der Waals surface area contributed by atoms with E-state index in [-0.39, 0.29) is 12.5 Å². The van der Waals surface area contributed by atoms with E-state index < -0.39 is 40.4 Å². The van der Waals surface area contributed by atoms with Gasteiger partial charge in [0, 0.05) is 29.6 Å². The van der Waals surface area contributed by atoms with Crippen LogP contribution in [0.5, 0.6) is 0 Å².